The summed E-state index contributed by atoms with van der Waals surface area (Å²) < 4.78 is 12.8. The van der Waals surface area contributed by atoms with Crippen LogP contribution in [0.5, 0.6) is 0 Å². The topological polar surface area (TPSA) is 29.1 Å². The molecular formula is C15H18FNO. The molecule has 1 amide bonds. The lowest BCUT2D eigenvalue weighted by atomic mass is 9.89. The van der Waals surface area contributed by atoms with E-state index < -0.39 is 0 Å². The fourth-order valence-corrected chi connectivity index (χ4v) is 3.55. The number of halogens is 1. The predicted molar refractivity (Wildman–Crippen MR) is 67.7 cm³/mol. The fraction of sp³-hybridized carbons (Fsp3) is 0.533. The largest absolute Gasteiger partial charge is 0.352 e. The van der Waals surface area contributed by atoms with E-state index in [1.165, 1.54) is 49.9 Å². The number of hydrogen-bond acceptors (Lipinski definition) is 1. The number of carbonyl (C=O) groups is 1. The number of rotatable bonds is 3. The molecule has 0 spiro atoms. The summed E-state index contributed by atoms with van der Waals surface area (Å²) >= 11 is 0. The van der Waals surface area contributed by atoms with Crippen molar-refractivity contribution in [2.45, 2.75) is 25.7 Å². The third-order valence-electron chi connectivity index (χ3n) is 4.52. The van der Waals surface area contributed by atoms with Gasteiger partial charge in [0.1, 0.15) is 5.82 Å². The molecule has 96 valence electrons. The molecule has 2 bridgehead atoms. The number of fused-ring (bicyclic) bond motifs is 2. The van der Waals surface area contributed by atoms with Gasteiger partial charge in [-0.1, -0.05) is 6.42 Å². The van der Waals surface area contributed by atoms with Crippen LogP contribution in [0.1, 0.15) is 36.0 Å². The van der Waals surface area contributed by atoms with E-state index in [0.29, 0.717) is 11.5 Å². The van der Waals surface area contributed by atoms with E-state index in [1.54, 1.807) is 0 Å². The smallest absolute Gasteiger partial charge is 0.251 e. The van der Waals surface area contributed by atoms with E-state index in [-0.39, 0.29) is 11.7 Å². The number of benzene rings is 1. The molecule has 1 N–H and O–H groups in total. The van der Waals surface area contributed by atoms with Gasteiger partial charge in [-0.2, -0.15) is 0 Å². The van der Waals surface area contributed by atoms with Crippen LogP contribution in [0, 0.1) is 23.6 Å². The Morgan fingerprint density at radius 3 is 2.61 bits per heavy atom. The average Bonchev–Trinajstić information content (AvgIpc) is 2.99. The molecule has 2 fully saturated rings. The minimum absolute atomic E-state index is 0.0854. The van der Waals surface area contributed by atoms with Gasteiger partial charge in [-0.05, 0) is 61.3 Å². The molecule has 1 aromatic rings. The van der Waals surface area contributed by atoms with Crippen LogP contribution >= 0.6 is 0 Å². The molecule has 3 unspecified atom stereocenters. The summed E-state index contributed by atoms with van der Waals surface area (Å²) in [5.41, 5.74) is 0.541. The van der Waals surface area contributed by atoms with Gasteiger partial charge in [0.25, 0.3) is 5.91 Å². The van der Waals surface area contributed by atoms with Crippen molar-refractivity contribution in [3.63, 3.8) is 0 Å². The first-order valence-electron chi connectivity index (χ1n) is 6.76. The Bertz CT molecular complexity index is 442. The molecule has 3 rings (SSSR count). The zero-order valence-electron chi connectivity index (χ0n) is 10.4. The lowest BCUT2D eigenvalue weighted by molar-refractivity contribution is 0.0941. The lowest BCUT2D eigenvalue weighted by Crippen LogP contribution is -2.31. The van der Waals surface area contributed by atoms with Crippen LogP contribution in [0.4, 0.5) is 4.39 Å². The van der Waals surface area contributed by atoms with E-state index in [0.717, 1.165) is 18.4 Å². The van der Waals surface area contributed by atoms with Crippen LogP contribution in [0.25, 0.3) is 0 Å². The van der Waals surface area contributed by atoms with Crippen LogP contribution in [-0.2, 0) is 0 Å². The van der Waals surface area contributed by atoms with Crippen LogP contribution < -0.4 is 5.32 Å². The van der Waals surface area contributed by atoms with E-state index in [1.807, 2.05) is 0 Å². The van der Waals surface area contributed by atoms with Crippen LogP contribution in [0.15, 0.2) is 24.3 Å². The Morgan fingerprint density at radius 1 is 1.22 bits per heavy atom. The van der Waals surface area contributed by atoms with Crippen molar-refractivity contribution >= 4 is 5.91 Å². The Balaban J connectivity index is 1.54. The highest BCUT2D eigenvalue weighted by molar-refractivity contribution is 5.94. The SMILES string of the molecule is O=C(NCC1CC2CCC1C2)c1ccc(F)cc1. The summed E-state index contributed by atoms with van der Waals surface area (Å²) in [6, 6.07) is 5.72. The van der Waals surface area contributed by atoms with Crippen LogP contribution in [-0.4, -0.2) is 12.5 Å². The molecule has 2 aliphatic carbocycles. The van der Waals surface area contributed by atoms with Crippen molar-refractivity contribution in [2.75, 3.05) is 6.54 Å². The molecule has 0 radical (unpaired) electrons. The van der Waals surface area contributed by atoms with Gasteiger partial charge in [0.05, 0.1) is 0 Å². The molecule has 0 heterocycles. The molecule has 0 aliphatic heterocycles. The van der Waals surface area contributed by atoms with Gasteiger partial charge >= 0.3 is 0 Å². The first kappa shape index (κ1) is 11.7. The van der Waals surface area contributed by atoms with E-state index >= 15 is 0 Å². The third kappa shape index (κ3) is 2.26. The normalized spacial score (nSPS) is 29.5. The summed E-state index contributed by atoms with van der Waals surface area (Å²) in [6.07, 6.45) is 5.35. The van der Waals surface area contributed by atoms with Crippen molar-refractivity contribution in [3.8, 4) is 0 Å². The van der Waals surface area contributed by atoms with Gasteiger partial charge in [-0.15, -0.1) is 0 Å². The van der Waals surface area contributed by atoms with Crippen molar-refractivity contribution in [3.05, 3.63) is 35.6 Å². The Hall–Kier alpha value is -1.38. The fourth-order valence-electron chi connectivity index (χ4n) is 3.55. The second-order valence-electron chi connectivity index (χ2n) is 5.65. The van der Waals surface area contributed by atoms with E-state index in [2.05, 4.69) is 5.32 Å². The summed E-state index contributed by atoms with van der Waals surface area (Å²) in [6.45, 7) is 0.775. The summed E-state index contributed by atoms with van der Waals surface area (Å²) in [4.78, 5) is 11.9. The molecule has 3 heteroatoms. The summed E-state index contributed by atoms with van der Waals surface area (Å²) in [7, 11) is 0. The molecule has 0 saturated heterocycles. The van der Waals surface area contributed by atoms with E-state index in [4.69, 9.17) is 0 Å². The van der Waals surface area contributed by atoms with Crippen LogP contribution in [0.2, 0.25) is 0 Å². The zero-order valence-corrected chi connectivity index (χ0v) is 10.4. The van der Waals surface area contributed by atoms with Crippen LogP contribution in [0.3, 0.4) is 0 Å². The Kier molecular flexibility index (Phi) is 3.06. The monoisotopic (exact) mass is 247 g/mol. The molecule has 18 heavy (non-hydrogen) atoms. The Morgan fingerprint density at radius 2 is 2.00 bits per heavy atom. The minimum Gasteiger partial charge on any atom is -0.352 e. The molecule has 2 saturated carbocycles. The van der Waals surface area contributed by atoms with Crippen molar-refractivity contribution in [2.24, 2.45) is 17.8 Å². The second-order valence-corrected chi connectivity index (χ2v) is 5.65. The highest BCUT2D eigenvalue weighted by Crippen LogP contribution is 2.47. The highest BCUT2D eigenvalue weighted by atomic mass is 19.1. The highest BCUT2D eigenvalue weighted by Gasteiger charge is 2.39. The molecule has 2 nitrogen and oxygen atoms in total. The second kappa shape index (κ2) is 4.71. The van der Waals surface area contributed by atoms with Gasteiger partial charge < -0.3 is 5.32 Å². The standard InChI is InChI=1S/C15H18FNO/c16-14-5-3-11(4-6-14)15(18)17-9-13-8-10-1-2-12(13)7-10/h3-6,10,12-13H,1-2,7-9H2,(H,17,18). The quantitative estimate of drug-likeness (QED) is 0.874. The first-order valence-corrected chi connectivity index (χ1v) is 6.76. The van der Waals surface area contributed by atoms with Crippen molar-refractivity contribution in [1.82, 2.24) is 5.32 Å². The summed E-state index contributed by atoms with van der Waals surface area (Å²) in [5, 5.41) is 2.98. The zero-order chi connectivity index (χ0) is 12.5. The number of amides is 1. The average molecular weight is 247 g/mol. The maximum absolute atomic E-state index is 12.8. The van der Waals surface area contributed by atoms with Gasteiger partial charge in [0, 0.05) is 12.1 Å². The Labute approximate surface area is 107 Å². The van der Waals surface area contributed by atoms with E-state index in [9.17, 15) is 9.18 Å². The maximum atomic E-state index is 12.8. The molecule has 3 atom stereocenters. The molecule has 2 aliphatic rings. The molecule has 0 aromatic heterocycles. The van der Waals surface area contributed by atoms with Gasteiger partial charge in [0.2, 0.25) is 0 Å². The third-order valence-corrected chi connectivity index (χ3v) is 4.52. The molecular weight excluding hydrogens is 229 g/mol. The van der Waals surface area contributed by atoms with Gasteiger partial charge in [-0.3, -0.25) is 4.79 Å². The number of hydrogen-bond donors (Lipinski definition) is 1. The van der Waals surface area contributed by atoms with Crippen molar-refractivity contribution < 1.29 is 9.18 Å². The molecule has 1 aromatic carbocycles. The maximum Gasteiger partial charge on any atom is 0.251 e. The minimum atomic E-state index is -0.306. The number of nitrogens with one attached hydrogen (secondary N) is 1. The number of carbonyl (C=O) groups excluding carboxylic acids is 1. The summed E-state index contributed by atoms with van der Waals surface area (Å²) in [5.74, 6) is 2.00. The first-order chi connectivity index (χ1) is 8.72. The van der Waals surface area contributed by atoms with Gasteiger partial charge in [0.15, 0.2) is 0 Å². The predicted octanol–water partition coefficient (Wildman–Crippen LogP) is 2.99. The van der Waals surface area contributed by atoms with Crippen molar-refractivity contribution in [1.29, 1.82) is 0 Å². The lowest BCUT2D eigenvalue weighted by Gasteiger charge is -2.21. The van der Waals surface area contributed by atoms with Gasteiger partial charge in [-0.25, -0.2) is 4.39 Å².